The summed E-state index contributed by atoms with van der Waals surface area (Å²) in [6.07, 6.45) is 0.997. The second-order valence-electron chi connectivity index (χ2n) is 6.73. The van der Waals surface area contributed by atoms with Crippen LogP contribution in [0.15, 0.2) is 48.5 Å². The lowest BCUT2D eigenvalue weighted by molar-refractivity contribution is -0.117. The van der Waals surface area contributed by atoms with E-state index in [0.717, 1.165) is 23.0 Å². The Morgan fingerprint density at radius 3 is 2.25 bits per heavy atom. The molecule has 0 bridgehead atoms. The minimum atomic E-state index is -1.00. The molecule has 1 heterocycles. The van der Waals surface area contributed by atoms with Crippen LogP contribution >= 0.6 is 0 Å². The number of aryl methyl sites for hydroxylation is 2. The van der Waals surface area contributed by atoms with Crippen LogP contribution in [0.1, 0.15) is 42.4 Å². The molecule has 0 aliphatic heterocycles. The van der Waals surface area contributed by atoms with Crippen LogP contribution < -0.4 is 4.90 Å². The predicted molar refractivity (Wildman–Crippen MR) is 112 cm³/mol. The molecule has 0 saturated carbocycles. The number of carbonyl (C=O) groups is 2. The van der Waals surface area contributed by atoms with E-state index in [1.54, 1.807) is 9.47 Å². The zero-order valence-electron chi connectivity index (χ0n) is 16.6. The van der Waals surface area contributed by atoms with Crippen molar-refractivity contribution in [3.63, 3.8) is 0 Å². The van der Waals surface area contributed by atoms with Gasteiger partial charge in [0.05, 0.1) is 6.42 Å². The number of anilines is 1. The van der Waals surface area contributed by atoms with E-state index >= 15 is 0 Å². The SMILES string of the molecule is CCc1ccc(N(CC)C(=O)Cc2c(C(=O)O)n(CC)c3ccccc23)cc1. The van der Waals surface area contributed by atoms with E-state index in [1.807, 2.05) is 62.4 Å². The van der Waals surface area contributed by atoms with E-state index < -0.39 is 5.97 Å². The number of hydrogen-bond donors (Lipinski definition) is 1. The number of carboxylic acids is 1. The van der Waals surface area contributed by atoms with Crippen LogP contribution in [0.4, 0.5) is 5.69 Å². The van der Waals surface area contributed by atoms with Crippen molar-refractivity contribution in [2.45, 2.75) is 40.2 Å². The molecule has 3 rings (SSSR count). The Morgan fingerprint density at radius 2 is 1.68 bits per heavy atom. The van der Waals surface area contributed by atoms with Crippen molar-refractivity contribution in [3.8, 4) is 0 Å². The molecule has 0 atom stereocenters. The number of likely N-dealkylation sites (N-methyl/N-ethyl adjacent to an activating group) is 1. The van der Waals surface area contributed by atoms with Crippen molar-refractivity contribution < 1.29 is 14.7 Å². The minimum Gasteiger partial charge on any atom is -0.477 e. The summed E-state index contributed by atoms with van der Waals surface area (Å²) in [5, 5.41) is 10.6. The van der Waals surface area contributed by atoms with Crippen LogP contribution in [-0.2, 0) is 24.2 Å². The molecule has 5 heteroatoms. The molecule has 0 spiro atoms. The molecule has 0 aliphatic carbocycles. The summed E-state index contributed by atoms with van der Waals surface area (Å²) in [5.41, 5.74) is 3.68. The third kappa shape index (κ3) is 3.52. The predicted octanol–water partition coefficient (Wildman–Crippen LogP) is 4.52. The summed E-state index contributed by atoms with van der Waals surface area (Å²) in [5.74, 6) is -1.11. The normalized spacial score (nSPS) is 11.0. The standard InChI is InChI=1S/C23H26N2O3/c1-4-16-11-13-17(14-12-16)24(5-2)21(26)15-19-18-9-7-8-10-20(18)25(6-3)22(19)23(27)28/h7-14H,4-6,15H2,1-3H3,(H,27,28). The van der Waals surface area contributed by atoms with Crippen molar-refractivity contribution in [3.05, 3.63) is 65.4 Å². The van der Waals surface area contributed by atoms with E-state index in [2.05, 4.69) is 6.92 Å². The number of aromatic nitrogens is 1. The average Bonchev–Trinajstić information content (AvgIpc) is 3.03. The number of carbonyl (C=O) groups excluding carboxylic acids is 1. The summed E-state index contributed by atoms with van der Waals surface area (Å²) in [6, 6.07) is 15.5. The van der Waals surface area contributed by atoms with Crippen LogP contribution in [-0.4, -0.2) is 28.1 Å². The Bertz CT molecular complexity index is 1000. The fraction of sp³-hybridized carbons (Fsp3) is 0.304. The highest BCUT2D eigenvalue weighted by Crippen LogP contribution is 2.28. The van der Waals surface area contributed by atoms with Crippen LogP contribution in [0.3, 0.4) is 0 Å². The van der Waals surface area contributed by atoms with Crippen molar-refractivity contribution in [2.75, 3.05) is 11.4 Å². The quantitative estimate of drug-likeness (QED) is 0.658. The molecule has 0 saturated heterocycles. The molecular formula is C23H26N2O3. The maximum Gasteiger partial charge on any atom is 0.352 e. The van der Waals surface area contributed by atoms with Gasteiger partial charge >= 0.3 is 5.97 Å². The smallest absolute Gasteiger partial charge is 0.352 e. The largest absolute Gasteiger partial charge is 0.477 e. The van der Waals surface area contributed by atoms with Crippen LogP contribution in [0.5, 0.6) is 0 Å². The highest BCUT2D eigenvalue weighted by Gasteiger charge is 2.25. The molecule has 0 unspecified atom stereocenters. The monoisotopic (exact) mass is 378 g/mol. The molecule has 0 aliphatic rings. The Labute approximate surface area is 165 Å². The van der Waals surface area contributed by atoms with Gasteiger partial charge in [-0.1, -0.05) is 37.3 Å². The molecular weight excluding hydrogens is 352 g/mol. The van der Waals surface area contributed by atoms with Crippen LogP contribution in [0.2, 0.25) is 0 Å². The molecule has 0 fully saturated rings. The number of hydrogen-bond acceptors (Lipinski definition) is 2. The van der Waals surface area contributed by atoms with Gasteiger partial charge in [-0.3, -0.25) is 4.79 Å². The zero-order valence-corrected chi connectivity index (χ0v) is 16.6. The lowest BCUT2D eigenvalue weighted by Gasteiger charge is -2.21. The fourth-order valence-electron chi connectivity index (χ4n) is 3.79. The van der Waals surface area contributed by atoms with Gasteiger partial charge in [-0.15, -0.1) is 0 Å². The molecule has 28 heavy (non-hydrogen) atoms. The molecule has 0 radical (unpaired) electrons. The number of nitrogens with zero attached hydrogens (tertiary/aromatic N) is 2. The Balaban J connectivity index is 2.01. The van der Waals surface area contributed by atoms with Gasteiger partial charge in [-0.25, -0.2) is 4.79 Å². The third-order valence-electron chi connectivity index (χ3n) is 5.20. The first-order valence-electron chi connectivity index (χ1n) is 9.74. The van der Waals surface area contributed by atoms with Gasteiger partial charge in [0, 0.05) is 35.2 Å². The number of carboxylic acid groups (broad SMARTS) is 1. The van der Waals surface area contributed by atoms with E-state index in [1.165, 1.54) is 5.56 Å². The number of amides is 1. The first kappa shape index (κ1) is 19.7. The molecule has 1 amide bonds. The number of aromatic carboxylic acids is 1. The molecule has 2 aromatic carbocycles. The van der Waals surface area contributed by atoms with Gasteiger partial charge < -0.3 is 14.6 Å². The molecule has 5 nitrogen and oxygen atoms in total. The lowest BCUT2D eigenvalue weighted by Crippen LogP contribution is -2.32. The highest BCUT2D eigenvalue weighted by atomic mass is 16.4. The van der Waals surface area contributed by atoms with Crippen molar-refractivity contribution >= 4 is 28.5 Å². The Morgan fingerprint density at radius 1 is 1.00 bits per heavy atom. The summed E-state index contributed by atoms with van der Waals surface area (Å²) in [4.78, 5) is 26.8. The maximum atomic E-state index is 13.1. The van der Waals surface area contributed by atoms with Crippen LogP contribution in [0.25, 0.3) is 10.9 Å². The second kappa shape index (κ2) is 8.30. The van der Waals surface area contributed by atoms with E-state index in [-0.39, 0.29) is 18.0 Å². The maximum absolute atomic E-state index is 13.1. The van der Waals surface area contributed by atoms with Crippen molar-refractivity contribution in [1.29, 1.82) is 0 Å². The van der Waals surface area contributed by atoms with E-state index in [9.17, 15) is 14.7 Å². The topological polar surface area (TPSA) is 62.5 Å². The van der Waals surface area contributed by atoms with Crippen molar-refractivity contribution in [1.82, 2.24) is 4.57 Å². The lowest BCUT2D eigenvalue weighted by atomic mass is 10.1. The van der Waals surface area contributed by atoms with Gasteiger partial charge in [0.15, 0.2) is 0 Å². The number of para-hydroxylation sites is 1. The average molecular weight is 378 g/mol. The first-order valence-corrected chi connectivity index (χ1v) is 9.74. The number of rotatable bonds is 7. The van der Waals surface area contributed by atoms with Crippen LogP contribution in [0, 0.1) is 0 Å². The van der Waals surface area contributed by atoms with Gasteiger partial charge in [-0.05, 0) is 44.0 Å². The van der Waals surface area contributed by atoms with Gasteiger partial charge in [0.2, 0.25) is 5.91 Å². The summed E-state index contributed by atoms with van der Waals surface area (Å²) >= 11 is 0. The van der Waals surface area contributed by atoms with E-state index in [0.29, 0.717) is 18.7 Å². The molecule has 3 aromatic rings. The van der Waals surface area contributed by atoms with Gasteiger partial charge in [0.1, 0.15) is 5.69 Å². The van der Waals surface area contributed by atoms with Crippen molar-refractivity contribution in [2.24, 2.45) is 0 Å². The first-order chi connectivity index (χ1) is 13.5. The summed E-state index contributed by atoms with van der Waals surface area (Å²) < 4.78 is 1.77. The zero-order chi connectivity index (χ0) is 20.3. The van der Waals surface area contributed by atoms with Gasteiger partial charge in [-0.2, -0.15) is 0 Å². The highest BCUT2D eigenvalue weighted by molar-refractivity contribution is 6.03. The summed E-state index contributed by atoms with van der Waals surface area (Å²) in [6.45, 7) is 7.00. The number of benzene rings is 2. The second-order valence-corrected chi connectivity index (χ2v) is 6.73. The molecule has 1 aromatic heterocycles. The van der Waals surface area contributed by atoms with Gasteiger partial charge in [0.25, 0.3) is 0 Å². The van der Waals surface area contributed by atoms with E-state index in [4.69, 9.17) is 0 Å². The number of fused-ring (bicyclic) bond motifs is 1. The Kier molecular flexibility index (Phi) is 5.83. The third-order valence-corrected chi connectivity index (χ3v) is 5.20. The minimum absolute atomic E-state index is 0.0541. The molecule has 146 valence electrons. The Hall–Kier alpha value is -3.08. The molecule has 1 N–H and O–H groups in total. The fourth-order valence-corrected chi connectivity index (χ4v) is 3.79. The summed E-state index contributed by atoms with van der Waals surface area (Å²) in [7, 11) is 0.